The van der Waals surface area contributed by atoms with Crippen molar-refractivity contribution in [3.63, 3.8) is 0 Å². The zero-order chi connectivity index (χ0) is 15.9. The average molecular weight is 310 g/mol. The first-order valence-electron chi connectivity index (χ1n) is 7.32. The molecule has 6 heteroatoms. The van der Waals surface area contributed by atoms with Gasteiger partial charge in [0.05, 0.1) is 13.2 Å². The summed E-state index contributed by atoms with van der Waals surface area (Å²) in [6.07, 6.45) is 6.67. The minimum atomic E-state index is -1.20. The molecule has 0 aliphatic carbocycles. The van der Waals surface area contributed by atoms with E-state index < -0.39 is 9.04 Å². The summed E-state index contributed by atoms with van der Waals surface area (Å²) in [5.41, 5.74) is 0. The normalized spacial score (nSPS) is 13.6. The van der Waals surface area contributed by atoms with E-state index in [1.54, 1.807) is 19.2 Å². The minimum Gasteiger partial charge on any atom is -0.463 e. The maximum atomic E-state index is 11.3. The first kappa shape index (κ1) is 17.6. The highest BCUT2D eigenvalue weighted by Crippen LogP contribution is 2.26. The Balaban J connectivity index is 2.51. The number of hydrogen-bond acceptors (Lipinski definition) is 4. The van der Waals surface area contributed by atoms with Crippen molar-refractivity contribution in [1.29, 1.82) is 0 Å². The van der Waals surface area contributed by atoms with Crippen LogP contribution in [0.3, 0.4) is 0 Å². The molecule has 1 aromatic rings. The number of ether oxygens (including phenoxy) is 1. The zero-order valence-electron chi connectivity index (χ0n) is 13.6. The fourth-order valence-corrected chi connectivity index (χ4v) is 2.54. The molecule has 1 heterocycles. The van der Waals surface area contributed by atoms with Gasteiger partial charge in [0.2, 0.25) is 0 Å². The molecule has 0 bridgehead atoms. The molecule has 1 unspecified atom stereocenters. The lowest BCUT2D eigenvalue weighted by Crippen LogP contribution is -2.27. The third-order valence-corrected chi connectivity index (χ3v) is 6.50. The molecule has 0 aromatic carbocycles. The third kappa shape index (κ3) is 6.26. The third-order valence-electron chi connectivity index (χ3n) is 3.32. The van der Waals surface area contributed by atoms with Crippen LogP contribution in [0.15, 0.2) is 18.5 Å². The van der Waals surface area contributed by atoms with Gasteiger partial charge in [-0.3, -0.25) is 0 Å². The van der Waals surface area contributed by atoms with Crippen molar-refractivity contribution in [2.24, 2.45) is 0 Å². The molecule has 0 N–H and O–H groups in total. The molecule has 0 saturated heterocycles. The van der Waals surface area contributed by atoms with E-state index in [1.165, 1.54) is 6.08 Å². The second kappa shape index (κ2) is 8.14. The van der Waals surface area contributed by atoms with Gasteiger partial charge in [0, 0.05) is 25.0 Å². The van der Waals surface area contributed by atoms with Crippen molar-refractivity contribution < 1.29 is 14.0 Å². The van der Waals surface area contributed by atoms with Gasteiger partial charge in [-0.1, -0.05) is 20.8 Å². The van der Waals surface area contributed by atoms with Crippen molar-refractivity contribution in [2.45, 2.75) is 45.8 Å². The van der Waals surface area contributed by atoms with E-state index in [1.807, 2.05) is 10.8 Å². The van der Waals surface area contributed by atoms with Crippen LogP contribution >= 0.6 is 0 Å². The molecule has 0 fully saturated rings. The van der Waals surface area contributed by atoms with Crippen LogP contribution in [0.4, 0.5) is 0 Å². The van der Waals surface area contributed by atoms with Crippen LogP contribution < -0.4 is 0 Å². The highest BCUT2D eigenvalue weighted by Gasteiger charge is 2.22. The molecule has 21 heavy (non-hydrogen) atoms. The summed E-state index contributed by atoms with van der Waals surface area (Å²) in [5.74, 6) is 0.383. The zero-order valence-corrected chi connectivity index (χ0v) is 14.8. The van der Waals surface area contributed by atoms with Crippen molar-refractivity contribution in [3.8, 4) is 0 Å². The predicted molar refractivity (Wildman–Crippen MR) is 86.6 cm³/mol. The van der Waals surface area contributed by atoms with Gasteiger partial charge in [-0.15, -0.1) is 0 Å². The SMILES string of the molecule is CCOC(=O)/C=C/c1nccn1CCO[SiH](C)C(C)(C)C. The molecule has 1 atom stereocenters. The fourth-order valence-electron chi connectivity index (χ4n) is 1.58. The van der Waals surface area contributed by atoms with E-state index in [0.29, 0.717) is 13.2 Å². The monoisotopic (exact) mass is 310 g/mol. The predicted octanol–water partition coefficient (Wildman–Crippen LogP) is 2.63. The summed E-state index contributed by atoms with van der Waals surface area (Å²) in [4.78, 5) is 15.5. The molecule has 5 nitrogen and oxygen atoms in total. The lowest BCUT2D eigenvalue weighted by Gasteiger charge is -2.25. The minimum absolute atomic E-state index is 0.265. The number of carbonyl (C=O) groups is 1. The van der Waals surface area contributed by atoms with Crippen molar-refractivity contribution in [1.82, 2.24) is 9.55 Å². The maximum Gasteiger partial charge on any atom is 0.330 e. The Morgan fingerprint density at radius 2 is 2.19 bits per heavy atom. The Morgan fingerprint density at radius 1 is 1.48 bits per heavy atom. The number of imidazole rings is 1. The number of nitrogens with zero attached hydrogens (tertiary/aromatic N) is 2. The second-order valence-corrected chi connectivity index (χ2v) is 9.29. The number of carbonyl (C=O) groups excluding carboxylic acids is 1. The van der Waals surface area contributed by atoms with Crippen molar-refractivity contribution in [2.75, 3.05) is 13.2 Å². The average Bonchev–Trinajstić information content (AvgIpc) is 2.83. The quantitative estimate of drug-likeness (QED) is 0.441. The molecule has 1 aromatic heterocycles. The molecule has 0 amide bonds. The van der Waals surface area contributed by atoms with E-state index in [4.69, 9.17) is 9.16 Å². The summed E-state index contributed by atoms with van der Waals surface area (Å²) in [5, 5.41) is 0.265. The molecule has 118 valence electrons. The molecule has 1 rings (SSSR count). The molecule has 0 aliphatic heterocycles. The van der Waals surface area contributed by atoms with E-state index in [-0.39, 0.29) is 11.0 Å². The van der Waals surface area contributed by atoms with Gasteiger partial charge in [-0.25, -0.2) is 9.78 Å². The molecular weight excluding hydrogens is 284 g/mol. The molecule has 0 aliphatic rings. The van der Waals surface area contributed by atoms with Crippen molar-refractivity contribution >= 4 is 21.1 Å². The lowest BCUT2D eigenvalue weighted by molar-refractivity contribution is -0.137. The molecular formula is C15H26N2O3Si. The van der Waals surface area contributed by atoms with E-state index >= 15 is 0 Å². The standard InChI is InChI=1S/C15H26N2O3Si/c1-6-19-14(18)8-7-13-16-9-10-17(13)11-12-20-21(5)15(2,3)4/h7-10,21H,6,11-12H2,1-5H3/b8-7+. The maximum absolute atomic E-state index is 11.3. The number of rotatable bonds is 7. The van der Waals surface area contributed by atoms with Crippen LogP contribution in [0, 0.1) is 0 Å². The highest BCUT2D eigenvalue weighted by molar-refractivity contribution is 6.53. The van der Waals surface area contributed by atoms with E-state index in [0.717, 1.165) is 12.4 Å². The summed E-state index contributed by atoms with van der Waals surface area (Å²) in [6.45, 7) is 12.4. The van der Waals surface area contributed by atoms with Crippen LogP contribution in [-0.2, 0) is 20.5 Å². The number of hydrogen-bond donors (Lipinski definition) is 0. The Hall–Kier alpha value is -1.40. The Kier molecular flexibility index (Phi) is 6.84. The first-order valence-corrected chi connectivity index (χ1v) is 9.52. The van der Waals surface area contributed by atoms with Crippen LogP contribution in [0.2, 0.25) is 11.6 Å². The van der Waals surface area contributed by atoms with Gasteiger partial charge >= 0.3 is 5.97 Å². The van der Waals surface area contributed by atoms with E-state index in [2.05, 4.69) is 32.3 Å². The van der Waals surface area contributed by atoms with Gasteiger partial charge in [0.25, 0.3) is 0 Å². The largest absolute Gasteiger partial charge is 0.463 e. The van der Waals surface area contributed by atoms with Crippen LogP contribution in [0.25, 0.3) is 6.08 Å². The smallest absolute Gasteiger partial charge is 0.330 e. The number of esters is 1. The van der Waals surface area contributed by atoms with E-state index in [9.17, 15) is 4.79 Å². The van der Waals surface area contributed by atoms with Crippen LogP contribution in [0.1, 0.15) is 33.5 Å². The van der Waals surface area contributed by atoms with Crippen LogP contribution in [-0.4, -0.2) is 37.8 Å². The lowest BCUT2D eigenvalue weighted by atomic mass is 10.3. The Morgan fingerprint density at radius 3 is 2.81 bits per heavy atom. The summed E-state index contributed by atoms with van der Waals surface area (Å²) < 4.78 is 12.8. The molecule has 0 saturated carbocycles. The summed E-state index contributed by atoms with van der Waals surface area (Å²) in [6, 6.07) is 0. The van der Waals surface area contributed by atoms with Gasteiger partial charge < -0.3 is 13.7 Å². The van der Waals surface area contributed by atoms with Crippen LogP contribution in [0.5, 0.6) is 0 Å². The second-order valence-electron chi connectivity index (χ2n) is 5.94. The van der Waals surface area contributed by atoms with Gasteiger partial charge in [-0.2, -0.15) is 0 Å². The molecule has 0 spiro atoms. The topological polar surface area (TPSA) is 53.3 Å². The van der Waals surface area contributed by atoms with Gasteiger partial charge in [-0.05, 0) is 24.6 Å². The van der Waals surface area contributed by atoms with Crippen molar-refractivity contribution in [3.05, 3.63) is 24.3 Å². The first-order chi connectivity index (χ1) is 9.84. The molecule has 0 radical (unpaired) electrons. The summed E-state index contributed by atoms with van der Waals surface area (Å²) in [7, 11) is -1.20. The number of aromatic nitrogens is 2. The fraction of sp³-hybridized carbons (Fsp3) is 0.600. The highest BCUT2D eigenvalue weighted by atomic mass is 28.3. The van der Waals surface area contributed by atoms with Gasteiger partial charge in [0.15, 0.2) is 9.04 Å². The Bertz CT molecular complexity index is 478. The van der Waals surface area contributed by atoms with Gasteiger partial charge in [0.1, 0.15) is 5.82 Å². The summed E-state index contributed by atoms with van der Waals surface area (Å²) >= 11 is 0. The Labute approximate surface area is 128 Å².